The van der Waals surface area contributed by atoms with Gasteiger partial charge in [0.05, 0.1) is 25.4 Å². The maximum atomic E-state index is 5.44. The summed E-state index contributed by atoms with van der Waals surface area (Å²) in [5, 5.41) is 0. The van der Waals surface area contributed by atoms with Crippen LogP contribution in [0.2, 0.25) is 0 Å². The van der Waals surface area contributed by atoms with E-state index in [1.165, 1.54) is 11.1 Å². The maximum absolute atomic E-state index is 5.44. The Bertz CT molecular complexity index is 1000. The molecular weight excluding hydrogens is 428 g/mol. The van der Waals surface area contributed by atoms with E-state index in [2.05, 4.69) is 69.4 Å². The zero-order chi connectivity index (χ0) is 20.2. The molecule has 0 aromatic heterocycles. The average Bonchev–Trinajstić information content (AvgIpc) is 2.77. The quantitative estimate of drug-likeness (QED) is 0.490. The SMILES string of the molecule is COCCN1C(c2ccc(OC)cc2)=Nc2ccc(Br)cc2C1c1ccccc1. The lowest BCUT2D eigenvalue weighted by Gasteiger charge is -2.39. The summed E-state index contributed by atoms with van der Waals surface area (Å²) in [6, 6.07) is 25.0. The first-order valence-electron chi connectivity index (χ1n) is 9.54. The van der Waals surface area contributed by atoms with Gasteiger partial charge in [-0.3, -0.25) is 0 Å². The number of aliphatic imine (C=N–C) groups is 1. The molecule has 0 amide bonds. The molecule has 1 aliphatic rings. The fraction of sp³-hybridized carbons (Fsp3) is 0.208. The van der Waals surface area contributed by atoms with Crippen molar-refractivity contribution in [3.63, 3.8) is 0 Å². The zero-order valence-corrected chi connectivity index (χ0v) is 18.1. The van der Waals surface area contributed by atoms with Gasteiger partial charge in [0, 0.05) is 29.3 Å². The third kappa shape index (κ3) is 4.07. The van der Waals surface area contributed by atoms with Gasteiger partial charge in [-0.25, -0.2) is 4.99 Å². The van der Waals surface area contributed by atoms with Crippen LogP contribution in [0, 0.1) is 0 Å². The van der Waals surface area contributed by atoms with E-state index in [4.69, 9.17) is 14.5 Å². The van der Waals surface area contributed by atoms with Crippen molar-refractivity contribution in [3.05, 3.63) is 94.0 Å². The number of hydrogen-bond donors (Lipinski definition) is 0. The number of halogens is 1. The van der Waals surface area contributed by atoms with E-state index in [1.807, 2.05) is 24.3 Å². The molecule has 1 atom stereocenters. The second-order valence-electron chi connectivity index (χ2n) is 6.87. The predicted molar refractivity (Wildman–Crippen MR) is 120 cm³/mol. The highest BCUT2D eigenvalue weighted by Crippen LogP contribution is 2.41. The van der Waals surface area contributed by atoms with Crippen LogP contribution in [0.25, 0.3) is 0 Å². The first-order valence-corrected chi connectivity index (χ1v) is 10.3. The van der Waals surface area contributed by atoms with Crippen LogP contribution in [-0.2, 0) is 4.74 Å². The fourth-order valence-electron chi connectivity index (χ4n) is 3.70. The number of amidine groups is 1. The van der Waals surface area contributed by atoms with Crippen molar-refractivity contribution in [1.82, 2.24) is 4.90 Å². The number of ether oxygens (including phenoxy) is 2. The topological polar surface area (TPSA) is 34.1 Å². The Kier molecular flexibility index (Phi) is 5.97. The molecule has 0 aliphatic carbocycles. The normalized spacial score (nSPS) is 15.6. The minimum Gasteiger partial charge on any atom is -0.497 e. The van der Waals surface area contributed by atoms with Crippen molar-refractivity contribution in [2.24, 2.45) is 4.99 Å². The highest BCUT2D eigenvalue weighted by molar-refractivity contribution is 9.10. The van der Waals surface area contributed by atoms with E-state index in [9.17, 15) is 0 Å². The summed E-state index contributed by atoms with van der Waals surface area (Å²) < 4.78 is 11.8. The number of nitrogens with zero attached hydrogens (tertiary/aromatic N) is 2. The number of fused-ring (bicyclic) bond motifs is 1. The van der Waals surface area contributed by atoms with Crippen LogP contribution in [0.5, 0.6) is 5.75 Å². The van der Waals surface area contributed by atoms with E-state index in [1.54, 1.807) is 14.2 Å². The third-order valence-corrected chi connectivity index (χ3v) is 5.59. The van der Waals surface area contributed by atoms with E-state index in [-0.39, 0.29) is 6.04 Å². The number of methoxy groups -OCH3 is 2. The Labute approximate surface area is 179 Å². The molecule has 0 saturated heterocycles. The molecule has 0 radical (unpaired) electrons. The number of benzene rings is 3. The summed E-state index contributed by atoms with van der Waals surface area (Å²) >= 11 is 3.63. The van der Waals surface area contributed by atoms with Crippen LogP contribution in [0.4, 0.5) is 5.69 Å². The van der Waals surface area contributed by atoms with Gasteiger partial charge in [-0.1, -0.05) is 46.3 Å². The zero-order valence-electron chi connectivity index (χ0n) is 16.5. The molecule has 4 rings (SSSR count). The first kappa shape index (κ1) is 19.7. The minimum atomic E-state index is 0.0495. The third-order valence-electron chi connectivity index (χ3n) is 5.09. The van der Waals surface area contributed by atoms with Crippen LogP contribution in [0.1, 0.15) is 22.7 Å². The van der Waals surface area contributed by atoms with Crippen molar-refractivity contribution in [3.8, 4) is 5.75 Å². The number of hydrogen-bond acceptors (Lipinski definition) is 4. The van der Waals surface area contributed by atoms with Gasteiger partial charge in [0.25, 0.3) is 0 Å². The molecule has 3 aromatic rings. The molecule has 3 aromatic carbocycles. The van der Waals surface area contributed by atoms with Crippen LogP contribution < -0.4 is 4.74 Å². The Morgan fingerprint density at radius 2 is 1.72 bits per heavy atom. The van der Waals surface area contributed by atoms with E-state index < -0.39 is 0 Å². The molecule has 4 nitrogen and oxygen atoms in total. The molecule has 1 unspecified atom stereocenters. The molecule has 0 saturated carbocycles. The van der Waals surface area contributed by atoms with Crippen LogP contribution >= 0.6 is 15.9 Å². The van der Waals surface area contributed by atoms with Gasteiger partial charge in [0.1, 0.15) is 11.6 Å². The molecule has 1 heterocycles. The predicted octanol–water partition coefficient (Wildman–Crippen LogP) is 5.59. The Balaban J connectivity index is 1.89. The summed E-state index contributed by atoms with van der Waals surface area (Å²) in [5.41, 5.74) is 4.45. The molecule has 29 heavy (non-hydrogen) atoms. The summed E-state index contributed by atoms with van der Waals surface area (Å²) in [4.78, 5) is 7.38. The van der Waals surface area contributed by atoms with Crippen LogP contribution in [0.15, 0.2) is 82.3 Å². The summed E-state index contributed by atoms with van der Waals surface area (Å²) in [7, 11) is 3.41. The van der Waals surface area contributed by atoms with Gasteiger partial charge >= 0.3 is 0 Å². The van der Waals surface area contributed by atoms with Gasteiger partial charge < -0.3 is 14.4 Å². The van der Waals surface area contributed by atoms with Crippen LogP contribution in [0.3, 0.4) is 0 Å². The van der Waals surface area contributed by atoms with Gasteiger partial charge in [-0.05, 0) is 48.0 Å². The lowest BCUT2D eigenvalue weighted by Crippen LogP contribution is -2.40. The first-order chi connectivity index (χ1) is 14.2. The van der Waals surface area contributed by atoms with Crippen molar-refractivity contribution in [1.29, 1.82) is 0 Å². The Morgan fingerprint density at radius 1 is 0.966 bits per heavy atom. The highest BCUT2D eigenvalue weighted by Gasteiger charge is 2.32. The Hall–Kier alpha value is -2.63. The monoisotopic (exact) mass is 450 g/mol. The van der Waals surface area contributed by atoms with Gasteiger partial charge in [-0.15, -0.1) is 0 Å². The summed E-state index contributed by atoms with van der Waals surface area (Å²) in [6.45, 7) is 1.34. The largest absolute Gasteiger partial charge is 0.497 e. The molecule has 1 aliphatic heterocycles. The van der Waals surface area contributed by atoms with Gasteiger partial charge in [-0.2, -0.15) is 0 Å². The van der Waals surface area contributed by atoms with E-state index >= 15 is 0 Å². The minimum absolute atomic E-state index is 0.0495. The average molecular weight is 451 g/mol. The second kappa shape index (κ2) is 8.80. The number of rotatable bonds is 6. The van der Waals surface area contributed by atoms with Gasteiger partial charge in [0.2, 0.25) is 0 Å². The fourth-order valence-corrected chi connectivity index (χ4v) is 4.08. The van der Waals surface area contributed by atoms with Crippen molar-refractivity contribution in [2.45, 2.75) is 6.04 Å². The molecule has 0 N–H and O–H groups in total. The molecule has 0 bridgehead atoms. The molecular formula is C24H23BrN2O2. The molecule has 5 heteroatoms. The van der Waals surface area contributed by atoms with Crippen molar-refractivity contribution < 1.29 is 9.47 Å². The lowest BCUT2D eigenvalue weighted by molar-refractivity contribution is 0.167. The summed E-state index contributed by atoms with van der Waals surface area (Å²) in [5.74, 6) is 1.77. The van der Waals surface area contributed by atoms with E-state index in [0.717, 1.165) is 33.9 Å². The standard InChI is InChI=1S/C24H23BrN2O2/c1-28-15-14-27-23(17-6-4-3-5-7-17)21-16-19(25)10-13-22(21)26-24(27)18-8-11-20(29-2)12-9-18/h3-13,16,23H,14-15H2,1-2H3. The lowest BCUT2D eigenvalue weighted by atomic mass is 9.93. The Morgan fingerprint density at radius 3 is 2.41 bits per heavy atom. The summed E-state index contributed by atoms with van der Waals surface area (Å²) in [6.07, 6.45) is 0. The highest BCUT2D eigenvalue weighted by atomic mass is 79.9. The smallest absolute Gasteiger partial charge is 0.137 e. The van der Waals surface area contributed by atoms with Gasteiger partial charge in [0.15, 0.2) is 0 Å². The van der Waals surface area contributed by atoms with Crippen LogP contribution in [-0.4, -0.2) is 38.1 Å². The van der Waals surface area contributed by atoms with Crippen molar-refractivity contribution in [2.75, 3.05) is 27.4 Å². The van der Waals surface area contributed by atoms with Crippen molar-refractivity contribution >= 4 is 27.5 Å². The molecule has 0 fully saturated rings. The maximum Gasteiger partial charge on any atom is 0.137 e. The van der Waals surface area contributed by atoms with E-state index in [0.29, 0.717) is 6.61 Å². The second-order valence-corrected chi connectivity index (χ2v) is 7.78. The molecule has 148 valence electrons. The molecule has 0 spiro atoms.